The number of piperazine rings is 1. The van der Waals surface area contributed by atoms with E-state index in [0.29, 0.717) is 6.04 Å². The van der Waals surface area contributed by atoms with Crippen molar-refractivity contribution in [3.63, 3.8) is 0 Å². The van der Waals surface area contributed by atoms with Crippen LogP contribution in [0.25, 0.3) is 5.65 Å². The quantitative estimate of drug-likeness (QED) is 0.790. The molecule has 17 heavy (non-hydrogen) atoms. The van der Waals surface area contributed by atoms with E-state index in [0.717, 1.165) is 36.9 Å². The number of pyridine rings is 1. The number of hydrogen-bond acceptors (Lipinski definition) is 4. The molecular formula is C12H17N5. The number of aromatic nitrogens is 3. The van der Waals surface area contributed by atoms with Crippen LogP contribution in [-0.4, -0.2) is 40.3 Å². The molecule has 0 saturated carbocycles. The zero-order chi connectivity index (χ0) is 11.8. The smallest absolute Gasteiger partial charge is 0.245 e. The molecule has 5 nitrogen and oxygen atoms in total. The summed E-state index contributed by atoms with van der Waals surface area (Å²) in [5, 5.41) is 8.00. The Morgan fingerprint density at radius 2 is 2.29 bits per heavy atom. The van der Waals surface area contributed by atoms with Crippen LogP contribution in [0, 0.1) is 6.92 Å². The summed E-state index contributed by atoms with van der Waals surface area (Å²) in [5.74, 6) is 0.840. The molecule has 0 aromatic carbocycles. The lowest BCUT2D eigenvalue weighted by Gasteiger charge is -2.30. The fraction of sp³-hybridized carbons (Fsp3) is 0.500. The highest BCUT2D eigenvalue weighted by Gasteiger charge is 2.19. The van der Waals surface area contributed by atoms with Crippen LogP contribution in [0.1, 0.15) is 12.6 Å². The third-order valence-corrected chi connectivity index (χ3v) is 3.19. The molecule has 5 heteroatoms. The van der Waals surface area contributed by atoms with Crippen LogP contribution < -0.4 is 10.2 Å². The van der Waals surface area contributed by atoms with E-state index in [-0.39, 0.29) is 0 Å². The topological polar surface area (TPSA) is 45.5 Å². The summed E-state index contributed by atoms with van der Waals surface area (Å²) in [4.78, 5) is 6.83. The minimum Gasteiger partial charge on any atom is -0.337 e. The standard InChI is InChI=1S/C12H17N5/c1-9-8-16(7-6-13-9)12-14-11-5-3-4-10(2)17(11)15-12/h3-5,9,13H,6-8H2,1-2H3. The highest BCUT2D eigenvalue weighted by Crippen LogP contribution is 2.13. The van der Waals surface area contributed by atoms with E-state index in [2.05, 4.69) is 27.2 Å². The molecule has 1 saturated heterocycles. The van der Waals surface area contributed by atoms with Gasteiger partial charge in [-0.15, -0.1) is 5.10 Å². The Balaban J connectivity index is 1.97. The summed E-state index contributed by atoms with van der Waals surface area (Å²) in [6, 6.07) is 6.56. The van der Waals surface area contributed by atoms with Crippen LogP contribution in [0.15, 0.2) is 18.2 Å². The molecule has 0 radical (unpaired) electrons. The normalized spacial score (nSPS) is 21.1. The molecule has 0 amide bonds. The number of aryl methyl sites for hydroxylation is 1. The van der Waals surface area contributed by atoms with Crippen molar-refractivity contribution in [3.05, 3.63) is 23.9 Å². The first-order chi connectivity index (χ1) is 8.24. The summed E-state index contributed by atoms with van der Waals surface area (Å²) in [6.45, 7) is 7.17. The maximum atomic E-state index is 4.58. The van der Waals surface area contributed by atoms with E-state index in [1.165, 1.54) is 0 Å². The van der Waals surface area contributed by atoms with Crippen molar-refractivity contribution in [2.75, 3.05) is 24.5 Å². The molecule has 1 N–H and O–H groups in total. The molecule has 3 rings (SSSR count). The number of nitrogens with zero attached hydrogens (tertiary/aromatic N) is 4. The first-order valence-corrected chi connectivity index (χ1v) is 6.05. The summed E-state index contributed by atoms with van der Waals surface area (Å²) in [6.07, 6.45) is 0. The van der Waals surface area contributed by atoms with Crippen LogP contribution >= 0.6 is 0 Å². The van der Waals surface area contributed by atoms with E-state index >= 15 is 0 Å². The number of fused-ring (bicyclic) bond motifs is 1. The highest BCUT2D eigenvalue weighted by molar-refractivity contribution is 5.46. The van der Waals surface area contributed by atoms with Crippen molar-refractivity contribution in [1.29, 1.82) is 0 Å². The van der Waals surface area contributed by atoms with Gasteiger partial charge >= 0.3 is 0 Å². The number of anilines is 1. The van der Waals surface area contributed by atoms with Gasteiger partial charge in [0.1, 0.15) is 0 Å². The summed E-state index contributed by atoms with van der Waals surface area (Å²) < 4.78 is 1.90. The molecule has 1 aliphatic rings. The van der Waals surface area contributed by atoms with Crippen LogP contribution in [0.4, 0.5) is 5.95 Å². The van der Waals surface area contributed by atoms with Gasteiger partial charge in [0, 0.05) is 31.4 Å². The second-order valence-electron chi connectivity index (χ2n) is 4.65. The number of rotatable bonds is 1. The van der Waals surface area contributed by atoms with Gasteiger partial charge in [0.15, 0.2) is 5.65 Å². The molecule has 1 fully saturated rings. The van der Waals surface area contributed by atoms with Crippen molar-refractivity contribution in [2.24, 2.45) is 0 Å². The molecule has 0 bridgehead atoms. The van der Waals surface area contributed by atoms with Gasteiger partial charge in [-0.05, 0) is 26.0 Å². The van der Waals surface area contributed by atoms with Crippen LogP contribution in [0.5, 0.6) is 0 Å². The maximum absolute atomic E-state index is 4.58. The predicted octanol–water partition coefficient (Wildman–Crippen LogP) is 0.836. The summed E-state index contributed by atoms with van der Waals surface area (Å²) in [7, 11) is 0. The Morgan fingerprint density at radius 3 is 3.06 bits per heavy atom. The molecule has 0 aliphatic carbocycles. The molecule has 2 aromatic heterocycles. The third kappa shape index (κ3) is 1.86. The maximum Gasteiger partial charge on any atom is 0.245 e. The van der Waals surface area contributed by atoms with E-state index in [9.17, 15) is 0 Å². The molecule has 0 spiro atoms. The number of nitrogens with one attached hydrogen (secondary N) is 1. The second kappa shape index (κ2) is 4.00. The molecule has 2 aromatic rings. The van der Waals surface area contributed by atoms with Gasteiger partial charge in [-0.2, -0.15) is 4.98 Å². The van der Waals surface area contributed by atoms with Gasteiger partial charge in [-0.25, -0.2) is 4.52 Å². The van der Waals surface area contributed by atoms with Crippen molar-refractivity contribution in [1.82, 2.24) is 19.9 Å². The predicted molar refractivity (Wildman–Crippen MR) is 67.4 cm³/mol. The Bertz CT molecular complexity index is 533. The molecule has 1 atom stereocenters. The first-order valence-electron chi connectivity index (χ1n) is 6.05. The van der Waals surface area contributed by atoms with Gasteiger partial charge < -0.3 is 10.2 Å². The van der Waals surface area contributed by atoms with Crippen molar-refractivity contribution >= 4 is 11.6 Å². The van der Waals surface area contributed by atoms with E-state index in [4.69, 9.17) is 0 Å². The van der Waals surface area contributed by atoms with E-state index in [1.807, 2.05) is 29.6 Å². The SMILES string of the molecule is Cc1cccc2nc(N3CCNC(C)C3)nn12. The van der Waals surface area contributed by atoms with Crippen LogP contribution in [-0.2, 0) is 0 Å². The van der Waals surface area contributed by atoms with Crippen LogP contribution in [0.2, 0.25) is 0 Å². The van der Waals surface area contributed by atoms with Crippen LogP contribution in [0.3, 0.4) is 0 Å². The lowest BCUT2D eigenvalue weighted by atomic mass is 10.2. The zero-order valence-electron chi connectivity index (χ0n) is 10.2. The van der Waals surface area contributed by atoms with Crippen molar-refractivity contribution < 1.29 is 0 Å². The number of hydrogen-bond donors (Lipinski definition) is 1. The third-order valence-electron chi connectivity index (χ3n) is 3.19. The van der Waals surface area contributed by atoms with E-state index < -0.39 is 0 Å². The van der Waals surface area contributed by atoms with Crippen molar-refractivity contribution in [3.8, 4) is 0 Å². The minimum atomic E-state index is 0.497. The van der Waals surface area contributed by atoms with Crippen molar-refractivity contribution in [2.45, 2.75) is 19.9 Å². The Morgan fingerprint density at radius 1 is 1.41 bits per heavy atom. The molecule has 1 unspecified atom stereocenters. The minimum absolute atomic E-state index is 0.497. The Kier molecular flexibility index (Phi) is 2.48. The lowest BCUT2D eigenvalue weighted by Crippen LogP contribution is -2.49. The highest BCUT2D eigenvalue weighted by atomic mass is 15.4. The van der Waals surface area contributed by atoms with Gasteiger partial charge in [-0.3, -0.25) is 0 Å². The first kappa shape index (κ1) is 10.5. The fourth-order valence-corrected chi connectivity index (χ4v) is 2.27. The largest absolute Gasteiger partial charge is 0.337 e. The molecular weight excluding hydrogens is 214 g/mol. The summed E-state index contributed by atoms with van der Waals surface area (Å²) in [5.41, 5.74) is 2.04. The van der Waals surface area contributed by atoms with Gasteiger partial charge in [-0.1, -0.05) is 6.07 Å². The monoisotopic (exact) mass is 231 g/mol. The molecule has 1 aliphatic heterocycles. The second-order valence-corrected chi connectivity index (χ2v) is 4.65. The van der Waals surface area contributed by atoms with Gasteiger partial charge in [0.25, 0.3) is 0 Å². The fourth-order valence-electron chi connectivity index (χ4n) is 2.27. The van der Waals surface area contributed by atoms with Gasteiger partial charge in [0.05, 0.1) is 0 Å². The molecule has 3 heterocycles. The molecule has 90 valence electrons. The average molecular weight is 231 g/mol. The van der Waals surface area contributed by atoms with E-state index in [1.54, 1.807) is 0 Å². The lowest BCUT2D eigenvalue weighted by molar-refractivity contribution is 0.479. The van der Waals surface area contributed by atoms with Gasteiger partial charge in [0.2, 0.25) is 5.95 Å². The zero-order valence-corrected chi connectivity index (χ0v) is 10.2. The summed E-state index contributed by atoms with van der Waals surface area (Å²) >= 11 is 0. The Hall–Kier alpha value is -1.62. The Labute approximate surface area is 100 Å². The average Bonchev–Trinajstić information content (AvgIpc) is 2.74.